The van der Waals surface area contributed by atoms with E-state index < -0.39 is 11.6 Å². The second-order valence-corrected chi connectivity index (χ2v) is 7.06. The van der Waals surface area contributed by atoms with Crippen LogP contribution in [-0.4, -0.2) is 48.3 Å². The van der Waals surface area contributed by atoms with Crippen LogP contribution in [0.2, 0.25) is 0 Å². The van der Waals surface area contributed by atoms with Crippen molar-refractivity contribution in [1.82, 2.24) is 9.88 Å². The van der Waals surface area contributed by atoms with Crippen molar-refractivity contribution in [2.45, 2.75) is 20.3 Å². The van der Waals surface area contributed by atoms with Crippen LogP contribution in [0, 0.1) is 18.6 Å². The molecule has 1 N–H and O–H groups in total. The summed E-state index contributed by atoms with van der Waals surface area (Å²) in [6.45, 7) is 6.56. The molecule has 28 heavy (non-hydrogen) atoms. The lowest BCUT2D eigenvalue weighted by Crippen LogP contribution is -2.50. The minimum absolute atomic E-state index is 0.505. The monoisotopic (exact) mass is 406 g/mol. The normalized spacial score (nSPS) is 14.2. The Kier molecular flexibility index (Phi) is 6.28. The number of rotatable bonds is 4. The number of hydrogen-bond donors (Lipinski definition) is 1. The van der Waals surface area contributed by atoms with E-state index in [1.807, 2.05) is 22.8 Å². The molecule has 8 heteroatoms. The van der Waals surface area contributed by atoms with Crippen molar-refractivity contribution in [3.05, 3.63) is 47.2 Å². The fourth-order valence-corrected chi connectivity index (χ4v) is 3.60. The minimum Gasteiger partial charge on any atom is -0.480 e. The van der Waals surface area contributed by atoms with Crippen molar-refractivity contribution in [2.24, 2.45) is 0 Å². The molecule has 0 saturated carbocycles. The van der Waals surface area contributed by atoms with E-state index in [1.54, 1.807) is 7.11 Å². The average Bonchev–Trinajstić information content (AvgIpc) is 2.68. The first-order chi connectivity index (χ1) is 13.4. The Bertz CT molecular complexity index is 849. The van der Waals surface area contributed by atoms with Gasteiger partial charge >= 0.3 is 0 Å². The zero-order chi connectivity index (χ0) is 20.3. The fourth-order valence-electron chi connectivity index (χ4n) is 3.31. The SMILES string of the molecule is CCc1cc(NC(=S)N2CCN(c3cc(F)cc(F)c3)CC2)c(OC)nc1C. The van der Waals surface area contributed by atoms with Gasteiger partial charge in [-0.1, -0.05) is 6.92 Å². The molecule has 0 aliphatic carbocycles. The highest BCUT2D eigenvalue weighted by Gasteiger charge is 2.21. The van der Waals surface area contributed by atoms with Crippen molar-refractivity contribution in [3.63, 3.8) is 0 Å². The summed E-state index contributed by atoms with van der Waals surface area (Å²) in [7, 11) is 1.58. The second kappa shape index (κ2) is 8.68. The highest BCUT2D eigenvalue weighted by Crippen LogP contribution is 2.26. The summed E-state index contributed by atoms with van der Waals surface area (Å²) in [5, 5.41) is 3.82. The molecule has 1 fully saturated rings. The molecule has 1 aromatic heterocycles. The number of piperazine rings is 1. The van der Waals surface area contributed by atoms with E-state index in [1.165, 1.54) is 12.1 Å². The molecule has 0 atom stereocenters. The molecule has 2 aromatic rings. The van der Waals surface area contributed by atoms with Gasteiger partial charge < -0.3 is 19.9 Å². The fraction of sp³-hybridized carbons (Fsp3) is 0.400. The van der Waals surface area contributed by atoms with Gasteiger partial charge in [0.2, 0.25) is 5.88 Å². The summed E-state index contributed by atoms with van der Waals surface area (Å²) in [5.74, 6) is -0.633. The van der Waals surface area contributed by atoms with Crippen molar-refractivity contribution in [1.29, 1.82) is 0 Å². The van der Waals surface area contributed by atoms with Crippen LogP contribution in [0.25, 0.3) is 0 Å². The first-order valence-electron chi connectivity index (χ1n) is 9.22. The van der Waals surface area contributed by atoms with E-state index in [4.69, 9.17) is 17.0 Å². The summed E-state index contributed by atoms with van der Waals surface area (Å²) in [5.41, 5.74) is 3.36. The molecule has 1 aromatic carbocycles. The maximum atomic E-state index is 13.5. The summed E-state index contributed by atoms with van der Waals surface area (Å²) in [6.07, 6.45) is 0.868. The summed E-state index contributed by atoms with van der Waals surface area (Å²) >= 11 is 5.57. The Balaban J connectivity index is 1.66. The number of benzene rings is 1. The first-order valence-corrected chi connectivity index (χ1v) is 9.63. The van der Waals surface area contributed by atoms with Gasteiger partial charge in [-0.15, -0.1) is 0 Å². The predicted molar refractivity (Wildman–Crippen MR) is 111 cm³/mol. The van der Waals surface area contributed by atoms with Gasteiger partial charge in [0.05, 0.1) is 7.11 Å². The molecule has 0 spiro atoms. The molecule has 1 aliphatic heterocycles. The molecule has 5 nitrogen and oxygen atoms in total. The number of aryl methyl sites for hydroxylation is 2. The Morgan fingerprint density at radius 3 is 2.36 bits per heavy atom. The van der Waals surface area contributed by atoms with E-state index in [0.29, 0.717) is 42.9 Å². The van der Waals surface area contributed by atoms with Crippen LogP contribution < -0.4 is 15.0 Å². The van der Waals surface area contributed by atoms with E-state index >= 15 is 0 Å². The van der Waals surface area contributed by atoms with Crippen molar-refractivity contribution >= 4 is 28.7 Å². The van der Waals surface area contributed by atoms with Crippen LogP contribution in [0.3, 0.4) is 0 Å². The van der Waals surface area contributed by atoms with Gasteiger partial charge in [0.1, 0.15) is 17.3 Å². The van der Waals surface area contributed by atoms with Gasteiger partial charge in [0.15, 0.2) is 5.11 Å². The molecular weight excluding hydrogens is 382 g/mol. The van der Waals surface area contributed by atoms with Crippen LogP contribution in [-0.2, 0) is 6.42 Å². The number of ether oxygens (including phenoxy) is 1. The van der Waals surface area contributed by atoms with E-state index in [9.17, 15) is 8.78 Å². The number of thiocarbonyl (C=S) groups is 1. The quantitative estimate of drug-likeness (QED) is 0.780. The molecule has 0 amide bonds. The van der Waals surface area contributed by atoms with Gasteiger partial charge in [-0.25, -0.2) is 13.8 Å². The Morgan fingerprint density at radius 1 is 1.14 bits per heavy atom. The summed E-state index contributed by atoms with van der Waals surface area (Å²) in [4.78, 5) is 8.47. The number of halogens is 2. The third kappa shape index (κ3) is 4.49. The number of hydrogen-bond acceptors (Lipinski definition) is 4. The molecular formula is C20H24F2N4OS. The number of aromatic nitrogens is 1. The molecule has 0 unspecified atom stereocenters. The number of nitrogens with one attached hydrogen (secondary N) is 1. The number of pyridine rings is 1. The maximum Gasteiger partial charge on any atom is 0.237 e. The lowest BCUT2D eigenvalue weighted by atomic mass is 10.1. The van der Waals surface area contributed by atoms with Crippen LogP contribution in [0.5, 0.6) is 5.88 Å². The number of methoxy groups -OCH3 is 1. The zero-order valence-corrected chi connectivity index (χ0v) is 17.1. The minimum atomic E-state index is -0.569. The van der Waals surface area contributed by atoms with E-state index in [0.717, 1.165) is 29.4 Å². The zero-order valence-electron chi connectivity index (χ0n) is 16.3. The largest absolute Gasteiger partial charge is 0.480 e. The predicted octanol–water partition coefficient (Wildman–Crippen LogP) is 3.76. The van der Waals surface area contributed by atoms with Crippen LogP contribution in [0.4, 0.5) is 20.2 Å². The van der Waals surface area contributed by atoms with Crippen molar-refractivity contribution in [2.75, 3.05) is 43.5 Å². The smallest absolute Gasteiger partial charge is 0.237 e. The molecule has 3 rings (SSSR count). The third-order valence-corrected chi connectivity index (χ3v) is 5.24. The number of nitrogens with zero attached hydrogens (tertiary/aromatic N) is 3. The van der Waals surface area contributed by atoms with Crippen molar-refractivity contribution < 1.29 is 13.5 Å². The van der Waals surface area contributed by atoms with E-state index in [2.05, 4.69) is 17.2 Å². The van der Waals surface area contributed by atoms with Gasteiger partial charge in [-0.2, -0.15) is 0 Å². The molecule has 1 aliphatic rings. The Hall–Kier alpha value is -2.48. The Morgan fingerprint density at radius 2 is 1.79 bits per heavy atom. The van der Waals surface area contributed by atoms with Gasteiger partial charge in [0, 0.05) is 43.6 Å². The van der Waals surface area contributed by atoms with Crippen LogP contribution in [0.1, 0.15) is 18.2 Å². The first kappa shape index (κ1) is 20.3. The van der Waals surface area contributed by atoms with Crippen molar-refractivity contribution in [3.8, 4) is 5.88 Å². The Labute approximate surface area is 169 Å². The lowest BCUT2D eigenvalue weighted by molar-refractivity contribution is 0.388. The maximum absolute atomic E-state index is 13.5. The molecule has 0 bridgehead atoms. The van der Waals surface area contributed by atoms with Gasteiger partial charge in [-0.05, 0) is 49.3 Å². The standard InChI is InChI=1S/C20H24F2N4OS/c1-4-14-9-18(19(27-3)23-13(14)2)24-20(28)26-7-5-25(6-8-26)17-11-15(21)10-16(22)12-17/h9-12H,4-8H2,1-3H3,(H,24,28). The highest BCUT2D eigenvalue weighted by atomic mass is 32.1. The topological polar surface area (TPSA) is 40.6 Å². The van der Waals surface area contributed by atoms with E-state index in [-0.39, 0.29) is 0 Å². The summed E-state index contributed by atoms with van der Waals surface area (Å²) < 4.78 is 32.3. The van der Waals surface area contributed by atoms with Gasteiger partial charge in [-0.3, -0.25) is 0 Å². The lowest BCUT2D eigenvalue weighted by Gasteiger charge is -2.37. The average molecular weight is 407 g/mol. The molecule has 150 valence electrons. The van der Waals surface area contributed by atoms with Gasteiger partial charge in [0.25, 0.3) is 0 Å². The third-order valence-electron chi connectivity index (χ3n) is 4.88. The second-order valence-electron chi connectivity index (χ2n) is 6.68. The molecule has 0 radical (unpaired) electrons. The van der Waals surface area contributed by atoms with Crippen LogP contribution >= 0.6 is 12.2 Å². The number of anilines is 2. The van der Waals surface area contributed by atoms with Crippen LogP contribution in [0.15, 0.2) is 24.3 Å². The summed E-state index contributed by atoms with van der Waals surface area (Å²) in [6, 6.07) is 5.60. The molecule has 2 heterocycles. The highest BCUT2D eigenvalue weighted by molar-refractivity contribution is 7.80. The molecule has 1 saturated heterocycles.